The summed E-state index contributed by atoms with van der Waals surface area (Å²) in [6, 6.07) is 7.04. The van der Waals surface area contributed by atoms with Gasteiger partial charge in [0.1, 0.15) is 6.54 Å². The molecule has 15 rings (SSSR count). The van der Waals surface area contributed by atoms with Gasteiger partial charge in [0.2, 0.25) is 11.8 Å². The van der Waals surface area contributed by atoms with Crippen molar-refractivity contribution < 1.29 is 19.4 Å². The van der Waals surface area contributed by atoms with E-state index in [2.05, 4.69) is 127 Å². The molecule has 3 aliphatic rings. The Morgan fingerprint density at radius 1 is 0.490 bits per heavy atom. The molecule has 0 aliphatic carbocycles. The number of ether oxygens (including phenoxy) is 1. The minimum atomic E-state index is 0.0398. The van der Waals surface area contributed by atoms with Gasteiger partial charge < -0.3 is 29.9 Å². The molecule has 3 fully saturated rings. The van der Waals surface area contributed by atoms with Crippen molar-refractivity contribution in [3.8, 4) is 67.5 Å². The second kappa shape index (κ2) is 31.8. The van der Waals surface area contributed by atoms with Crippen LogP contribution in [0.2, 0.25) is 0 Å². The molecule has 524 valence electrons. The van der Waals surface area contributed by atoms with Gasteiger partial charge in [-0.25, -0.2) is 28.5 Å². The molecule has 0 aromatic carbocycles. The van der Waals surface area contributed by atoms with Crippen LogP contribution in [-0.4, -0.2) is 213 Å². The van der Waals surface area contributed by atoms with E-state index in [1.165, 1.54) is 0 Å². The Morgan fingerprint density at radius 2 is 0.900 bits per heavy atom. The highest BCUT2D eigenvalue weighted by Gasteiger charge is 2.24. The van der Waals surface area contributed by atoms with E-state index >= 15 is 0 Å². The number of aliphatic hydroxyl groups excluding tert-OH is 1. The first-order valence-electron chi connectivity index (χ1n) is 35.4. The van der Waals surface area contributed by atoms with E-state index < -0.39 is 0 Å². The largest absolute Gasteiger partial charge is 0.396 e. The number of morpholine rings is 1. The molecule has 3 saturated heterocycles. The van der Waals surface area contributed by atoms with Gasteiger partial charge in [-0.3, -0.25) is 37.7 Å². The van der Waals surface area contributed by atoms with Crippen LogP contribution in [0.1, 0.15) is 111 Å². The van der Waals surface area contributed by atoms with Crippen LogP contribution in [0.25, 0.3) is 84.1 Å². The molecule has 0 bridgehead atoms. The van der Waals surface area contributed by atoms with Gasteiger partial charge in [0.05, 0.1) is 176 Å². The predicted octanol–water partition coefficient (Wildman–Crippen LogP) is 8.45. The van der Waals surface area contributed by atoms with Crippen molar-refractivity contribution in [2.75, 3.05) is 78.7 Å². The molecule has 12 aromatic heterocycles. The van der Waals surface area contributed by atoms with E-state index in [1.807, 2.05) is 122 Å². The molecule has 0 atom stereocenters. The van der Waals surface area contributed by atoms with E-state index in [-0.39, 0.29) is 18.4 Å². The van der Waals surface area contributed by atoms with Crippen molar-refractivity contribution in [1.82, 2.24) is 122 Å². The second-order valence-electron chi connectivity index (χ2n) is 25.9. The van der Waals surface area contributed by atoms with E-state index in [0.29, 0.717) is 76.6 Å². The normalized spacial score (nSPS) is 14.9. The summed E-state index contributed by atoms with van der Waals surface area (Å²) in [6.07, 6.45) is 42.7. The number of nitrogens with one attached hydrogen (secondary N) is 1. The van der Waals surface area contributed by atoms with Gasteiger partial charge >= 0.3 is 0 Å². The van der Waals surface area contributed by atoms with Crippen molar-refractivity contribution in [3.63, 3.8) is 0 Å². The monoisotopic (exact) mass is 1360 g/mol. The third-order valence-corrected chi connectivity index (χ3v) is 19.6. The number of piperazine rings is 1. The number of rotatable bonds is 24. The summed E-state index contributed by atoms with van der Waals surface area (Å²) in [7, 11) is 0. The average molecular weight is 1360 g/mol. The molecule has 29 nitrogen and oxygen atoms in total. The lowest BCUT2D eigenvalue weighted by Gasteiger charge is -2.30. The van der Waals surface area contributed by atoms with Crippen LogP contribution in [0.5, 0.6) is 0 Å². The van der Waals surface area contributed by atoms with Crippen LogP contribution in [0, 0.1) is 5.92 Å². The highest BCUT2D eigenvalue weighted by Crippen LogP contribution is 2.32. The van der Waals surface area contributed by atoms with Crippen LogP contribution in [0.15, 0.2) is 130 Å². The number of carbonyl (C=O) groups excluding carboxylic acids is 2. The number of piperidine rings is 1. The van der Waals surface area contributed by atoms with Crippen molar-refractivity contribution in [3.05, 3.63) is 130 Å². The van der Waals surface area contributed by atoms with Gasteiger partial charge in [-0.05, 0) is 88.6 Å². The summed E-state index contributed by atoms with van der Waals surface area (Å²) in [4.78, 5) is 45.7. The smallest absolute Gasteiger partial charge is 0.244 e. The van der Waals surface area contributed by atoms with Gasteiger partial charge in [-0.1, -0.05) is 41.5 Å². The number of aliphatic hydroxyl groups is 1. The minimum absolute atomic E-state index is 0.0398. The minimum Gasteiger partial charge on any atom is -0.396 e. The van der Waals surface area contributed by atoms with Gasteiger partial charge in [0.15, 0.2) is 0 Å². The second-order valence-corrected chi connectivity index (χ2v) is 25.9. The summed E-state index contributed by atoms with van der Waals surface area (Å²) in [5.74, 6) is 0.642. The Kier molecular flexibility index (Phi) is 21.8. The first kappa shape index (κ1) is 68.4. The van der Waals surface area contributed by atoms with Gasteiger partial charge in [-0.15, -0.1) is 0 Å². The summed E-state index contributed by atoms with van der Waals surface area (Å²) >= 11 is 0. The number of aromatic nitrogens is 21. The average Bonchev–Trinajstić information content (AvgIpc) is 1.63. The number of amides is 2. The third kappa shape index (κ3) is 15.5. The number of hydrogen-bond acceptors (Lipinski definition) is 18. The molecular weight excluding hydrogens is 1270 g/mol. The molecule has 12 aromatic rings. The van der Waals surface area contributed by atoms with E-state index in [1.54, 1.807) is 29.5 Å². The fraction of sp³-hybridized carbons (Fsp3) is 0.465. The number of fused-ring (bicyclic) bond motifs is 3. The maximum atomic E-state index is 12.6. The van der Waals surface area contributed by atoms with E-state index in [4.69, 9.17) is 19.7 Å². The molecular formula is C71H91N25O4. The Bertz CT molecular complexity index is 4630. The standard InChI is InChI=1S/C25H34N8O.C23H29N9O.C23H28N8O2/c1-3-22(4-2)32-16-21(14-28-32)25-24-5-8-26-33(24)17-23(29-25)20-13-27-31(15-20)12-11-30-9-6-19(18-34)7-10-30;1-3-19(4-2)31-15-18(12-27-31)23-21-5-6-25-32(21)16-20(28-23)17-11-26-30(14-17)10-9-29-8-7-24-13-22(29)33;1-3-19(4-2)30-14-18(12-26-30)23-21-5-6-24-31(21)15-20(27-23)17-11-25-29(13-17)16-22(32)28-7-9-33-10-8-28/h5,8,13-17,19,22,34H,3-4,6-7,9-12,18H2,1-2H3;5-6,11-12,14-16,19,24H,3-4,7-10,13H2,1-2H3;5-6,11-15,19H,3-4,7-10,16H2,1-2H3. The molecule has 29 heteroatoms. The van der Waals surface area contributed by atoms with Crippen LogP contribution < -0.4 is 5.32 Å². The molecule has 0 spiro atoms. The zero-order valence-corrected chi connectivity index (χ0v) is 58.1. The molecule has 0 radical (unpaired) electrons. The highest BCUT2D eigenvalue weighted by molar-refractivity contribution is 5.81. The zero-order valence-electron chi connectivity index (χ0n) is 58.1. The number of hydrogen-bond donors (Lipinski definition) is 2. The molecule has 100 heavy (non-hydrogen) atoms. The van der Waals surface area contributed by atoms with Crippen LogP contribution in [-0.2, 0) is 34.0 Å². The van der Waals surface area contributed by atoms with Crippen LogP contribution in [0.4, 0.5) is 0 Å². The topological polar surface area (TPSA) is 283 Å². The van der Waals surface area contributed by atoms with Gasteiger partial charge in [0, 0.05) is 116 Å². The van der Waals surface area contributed by atoms with Crippen LogP contribution in [0.3, 0.4) is 0 Å². The Morgan fingerprint density at radius 3 is 1.32 bits per heavy atom. The quantitative estimate of drug-likeness (QED) is 0.0573. The molecule has 3 aliphatic heterocycles. The highest BCUT2D eigenvalue weighted by atomic mass is 16.5. The molecule has 0 saturated carbocycles. The summed E-state index contributed by atoms with van der Waals surface area (Å²) < 4.78 is 22.5. The Labute approximate surface area is 580 Å². The molecule has 0 unspecified atom stereocenters. The SMILES string of the molecule is CCC(CC)n1cc(-c2nc(-c3cnn(CC(=O)N4CCOCC4)c3)cn3nccc23)cn1.CCC(CC)n1cc(-c2nc(-c3cnn(CCN4CCC(CO)CC4)c3)cn3nccc23)cn1.CCC(CC)n1cc(-c2nc(-c3cnn(CCN4CCNCC4=O)c3)cn3nccc23)cn1. The lowest BCUT2D eigenvalue weighted by Crippen LogP contribution is -2.48. The van der Waals surface area contributed by atoms with E-state index in [9.17, 15) is 14.7 Å². The van der Waals surface area contributed by atoms with Crippen molar-refractivity contribution >= 4 is 28.4 Å². The number of likely N-dealkylation sites (tertiary alicyclic amines) is 1. The Hall–Kier alpha value is -10.1. The fourth-order valence-electron chi connectivity index (χ4n) is 13.4. The predicted molar refractivity (Wildman–Crippen MR) is 378 cm³/mol. The first-order chi connectivity index (χ1) is 49.0. The van der Waals surface area contributed by atoms with Crippen LogP contribution >= 0.6 is 0 Å². The fourth-order valence-corrected chi connectivity index (χ4v) is 13.4. The zero-order chi connectivity index (χ0) is 69.1. The van der Waals surface area contributed by atoms with Crippen molar-refractivity contribution in [2.45, 2.75) is 131 Å². The van der Waals surface area contributed by atoms with Crippen molar-refractivity contribution in [1.29, 1.82) is 0 Å². The number of carbonyl (C=O) groups is 2. The summed E-state index contributed by atoms with van der Waals surface area (Å²) in [6.45, 7) is 23.2. The molecule has 2 N–H and O–H groups in total. The molecule has 2 amide bonds. The lowest BCUT2D eigenvalue weighted by molar-refractivity contribution is -0.136. The maximum absolute atomic E-state index is 12.6. The third-order valence-electron chi connectivity index (χ3n) is 19.6. The van der Waals surface area contributed by atoms with Gasteiger partial charge in [0.25, 0.3) is 0 Å². The maximum Gasteiger partial charge on any atom is 0.244 e. The Balaban J connectivity index is 0.000000134. The lowest BCUT2D eigenvalue weighted by atomic mass is 9.98. The van der Waals surface area contributed by atoms with E-state index in [0.717, 1.165) is 175 Å². The van der Waals surface area contributed by atoms with Gasteiger partial charge in [-0.2, -0.15) is 45.9 Å². The summed E-state index contributed by atoms with van der Waals surface area (Å²) in [5.41, 5.74) is 13.4. The van der Waals surface area contributed by atoms with Crippen molar-refractivity contribution in [2.24, 2.45) is 5.92 Å². The summed E-state index contributed by atoms with van der Waals surface area (Å²) in [5, 5.41) is 53.1. The molecule has 15 heterocycles. The first-order valence-corrected chi connectivity index (χ1v) is 35.4. The number of nitrogens with zero attached hydrogens (tertiary/aromatic N) is 24.